The Labute approximate surface area is 160 Å². The topological polar surface area (TPSA) is 34.5 Å². The van der Waals surface area contributed by atoms with Gasteiger partial charge in [-0.15, -0.1) is 0 Å². The van der Waals surface area contributed by atoms with Crippen molar-refractivity contribution in [2.24, 2.45) is 4.99 Å². The summed E-state index contributed by atoms with van der Waals surface area (Å²) in [6, 6.07) is 14.2. The van der Waals surface area contributed by atoms with Crippen LogP contribution in [-0.4, -0.2) is 17.5 Å². The van der Waals surface area contributed by atoms with Crippen molar-refractivity contribution < 1.29 is 9.13 Å². The van der Waals surface area contributed by atoms with Crippen molar-refractivity contribution in [2.45, 2.75) is 6.04 Å². The molecule has 2 aromatic carbocycles. The largest absolute Gasteiger partial charge is 0.475 e. The lowest BCUT2D eigenvalue weighted by molar-refractivity contribution is 0.320. The monoisotopic (exact) mass is 386 g/mol. The summed E-state index contributed by atoms with van der Waals surface area (Å²) in [7, 11) is 0. The molecule has 0 aliphatic carbocycles. The summed E-state index contributed by atoms with van der Waals surface area (Å²) < 4.78 is 19.1. The molecule has 26 heavy (non-hydrogen) atoms. The quantitative estimate of drug-likeness (QED) is 0.577. The Morgan fingerprint density at radius 1 is 0.962 bits per heavy atom. The van der Waals surface area contributed by atoms with Crippen molar-refractivity contribution in [1.82, 2.24) is 4.98 Å². The molecular formula is C20H13Cl2FN2O. The zero-order valence-corrected chi connectivity index (χ0v) is 15.0. The molecule has 0 bridgehead atoms. The standard InChI is InChI=1S/C20H13Cl2FN2O/c21-16-9-24-10-17(22)19(16)20-25-18(11-26-20)13-6-4-12(5-7-13)14-2-1-3-15(23)8-14/h1-10,18H,11H2. The van der Waals surface area contributed by atoms with Gasteiger partial charge in [-0.3, -0.25) is 4.98 Å². The van der Waals surface area contributed by atoms with Gasteiger partial charge >= 0.3 is 0 Å². The maximum atomic E-state index is 13.4. The molecule has 1 aliphatic rings. The predicted molar refractivity (Wildman–Crippen MR) is 101 cm³/mol. The second-order valence-corrected chi connectivity index (χ2v) is 6.69. The zero-order valence-electron chi connectivity index (χ0n) is 13.5. The molecule has 0 fully saturated rings. The molecule has 0 radical (unpaired) electrons. The van der Waals surface area contributed by atoms with Crippen LogP contribution in [-0.2, 0) is 4.74 Å². The van der Waals surface area contributed by atoms with Crippen molar-refractivity contribution in [3.05, 3.63) is 87.9 Å². The lowest BCUT2D eigenvalue weighted by Crippen LogP contribution is -2.03. The average molecular weight is 387 g/mol. The average Bonchev–Trinajstić information content (AvgIpc) is 3.11. The van der Waals surface area contributed by atoms with Gasteiger partial charge in [-0.05, 0) is 28.8 Å². The predicted octanol–water partition coefficient (Wildman–Crippen LogP) is 5.71. The highest BCUT2D eigenvalue weighted by Crippen LogP contribution is 2.31. The molecule has 130 valence electrons. The molecule has 3 aromatic rings. The minimum atomic E-state index is -0.254. The third-order valence-corrected chi connectivity index (χ3v) is 4.74. The Hall–Kier alpha value is -2.43. The molecule has 1 atom stereocenters. The minimum Gasteiger partial charge on any atom is -0.475 e. The first-order valence-corrected chi connectivity index (χ1v) is 8.73. The van der Waals surface area contributed by atoms with E-state index in [-0.39, 0.29) is 11.9 Å². The molecule has 6 heteroatoms. The van der Waals surface area contributed by atoms with Gasteiger partial charge in [0.05, 0.1) is 15.6 Å². The van der Waals surface area contributed by atoms with Crippen molar-refractivity contribution >= 4 is 29.1 Å². The summed E-state index contributed by atoms with van der Waals surface area (Å²) in [4.78, 5) is 8.54. The first-order chi connectivity index (χ1) is 12.6. The molecule has 1 aromatic heterocycles. The lowest BCUT2D eigenvalue weighted by Gasteiger charge is -2.07. The number of hydrogen-bond acceptors (Lipinski definition) is 3. The first kappa shape index (κ1) is 17.0. The summed E-state index contributed by atoms with van der Waals surface area (Å²) in [5.41, 5.74) is 3.33. The number of benzene rings is 2. The molecule has 3 nitrogen and oxygen atoms in total. The van der Waals surface area contributed by atoms with E-state index >= 15 is 0 Å². The Bertz CT molecular complexity index is 969. The van der Waals surface area contributed by atoms with Crippen molar-refractivity contribution in [2.75, 3.05) is 6.61 Å². The maximum absolute atomic E-state index is 13.4. The molecule has 1 aliphatic heterocycles. The van der Waals surface area contributed by atoms with Crippen molar-refractivity contribution in [1.29, 1.82) is 0 Å². The van der Waals surface area contributed by atoms with Gasteiger partial charge in [-0.2, -0.15) is 0 Å². The van der Waals surface area contributed by atoms with Crippen molar-refractivity contribution in [3.63, 3.8) is 0 Å². The second kappa shape index (κ2) is 7.06. The molecule has 4 rings (SSSR count). The first-order valence-electron chi connectivity index (χ1n) is 7.97. The normalized spacial score (nSPS) is 16.3. The minimum absolute atomic E-state index is 0.146. The van der Waals surface area contributed by atoms with Crippen LogP contribution in [0.2, 0.25) is 10.0 Å². The van der Waals surface area contributed by atoms with Crippen LogP contribution < -0.4 is 0 Å². The van der Waals surface area contributed by atoms with Crippen LogP contribution >= 0.6 is 23.2 Å². The number of aliphatic imine (C=N–C) groups is 1. The summed E-state index contributed by atoms with van der Waals surface area (Å²) in [5, 5.41) is 0.803. The number of ether oxygens (including phenoxy) is 1. The van der Waals surface area contributed by atoms with Gasteiger partial charge in [0.15, 0.2) is 0 Å². The molecule has 0 spiro atoms. The highest BCUT2D eigenvalue weighted by molar-refractivity contribution is 6.39. The van der Waals surface area contributed by atoms with E-state index in [4.69, 9.17) is 27.9 Å². The molecule has 0 saturated carbocycles. The number of aromatic nitrogens is 1. The van der Waals surface area contributed by atoms with Gasteiger partial charge < -0.3 is 4.74 Å². The molecule has 0 N–H and O–H groups in total. The Balaban J connectivity index is 1.60. The van der Waals surface area contributed by atoms with E-state index in [0.29, 0.717) is 28.1 Å². The van der Waals surface area contributed by atoms with Crippen LogP contribution in [0.3, 0.4) is 0 Å². The number of hydrogen-bond donors (Lipinski definition) is 0. The Kier molecular flexibility index (Phi) is 4.62. The SMILES string of the molecule is Fc1cccc(-c2ccc(C3COC(c4c(Cl)cncc4Cl)=N3)cc2)c1. The van der Waals surface area contributed by atoms with Gasteiger partial charge in [0, 0.05) is 12.4 Å². The lowest BCUT2D eigenvalue weighted by atomic mass is 10.0. The smallest absolute Gasteiger partial charge is 0.220 e. The number of nitrogens with zero attached hydrogens (tertiary/aromatic N) is 2. The highest BCUT2D eigenvalue weighted by Gasteiger charge is 2.25. The fourth-order valence-corrected chi connectivity index (χ4v) is 3.39. The number of rotatable bonds is 3. The van der Waals surface area contributed by atoms with Crippen LogP contribution in [0.5, 0.6) is 0 Å². The van der Waals surface area contributed by atoms with E-state index in [1.807, 2.05) is 30.3 Å². The van der Waals surface area contributed by atoms with Gasteiger partial charge in [-0.25, -0.2) is 9.38 Å². The molecule has 0 saturated heterocycles. The third-order valence-electron chi connectivity index (χ3n) is 4.17. The van der Waals surface area contributed by atoms with Gasteiger partial charge in [0.2, 0.25) is 5.90 Å². The summed E-state index contributed by atoms with van der Waals surface area (Å²) in [6.07, 6.45) is 3.02. The second-order valence-electron chi connectivity index (χ2n) is 5.87. The van der Waals surface area contributed by atoms with E-state index < -0.39 is 0 Å². The third kappa shape index (κ3) is 3.30. The Morgan fingerprint density at radius 2 is 1.69 bits per heavy atom. The molecule has 0 amide bonds. The van der Waals surface area contributed by atoms with Gasteiger partial charge in [0.25, 0.3) is 0 Å². The van der Waals surface area contributed by atoms with E-state index in [1.54, 1.807) is 6.07 Å². The fourth-order valence-electron chi connectivity index (χ4n) is 2.86. The maximum Gasteiger partial charge on any atom is 0.220 e. The van der Waals surface area contributed by atoms with Gasteiger partial charge in [0.1, 0.15) is 18.5 Å². The molecule has 1 unspecified atom stereocenters. The summed E-state index contributed by atoms with van der Waals surface area (Å²) in [5.74, 6) is 0.165. The number of halogens is 3. The fraction of sp³-hybridized carbons (Fsp3) is 0.100. The van der Waals surface area contributed by atoms with Crippen LogP contribution in [0.25, 0.3) is 11.1 Å². The number of pyridine rings is 1. The van der Waals surface area contributed by atoms with Crippen LogP contribution in [0, 0.1) is 5.82 Å². The summed E-state index contributed by atoms with van der Waals surface area (Å²) in [6.45, 7) is 0.406. The van der Waals surface area contributed by atoms with Crippen molar-refractivity contribution in [3.8, 4) is 11.1 Å². The van der Waals surface area contributed by atoms with E-state index in [0.717, 1.165) is 16.7 Å². The van der Waals surface area contributed by atoms with E-state index in [1.165, 1.54) is 24.5 Å². The summed E-state index contributed by atoms with van der Waals surface area (Å²) >= 11 is 12.3. The van der Waals surface area contributed by atoms with Gasteiger partial charge in [-0.1, -0.05) is 59.6 Å². The zero-order chi connectivity index (χ0) is 18.1. The van der Waals surface area contributed by atoms with Crippen LogP contribution in [0.1, 0.15) is 17.2 Å². The van der Waals surface area contributed by atoms with E-state index in [9.17, 15) is 4.39 Å². The van der Waals surface area contributed by atoms with E-state index in [2.05, 4.69) is 9.98 Å². The highest BCUT2D eigenvalue weighted by atomic mass is 35.5. The van der Waals surface area contributed by atoms with Crippen LogP contribution in [0.15, 0.2) is 65.9 Å². The molecule has 2 heterocycles. The molecular weight excluding hydrogens is 374 g/mol. The Morgan fingerprint density at radius 3 is 2.38 bits per heavy atom. The van der Waals surface area contributed by atoms with Crippen LogP contribution in [0.4, 0.5) is 4.39 Å².